The quantitative estimate of drug-likeness (QED) is 0.857. The molecule has 4 nitrogen and oxygen atoms in total. The van der Waals surface area contributed by atoms with Crippen LogP contribution in [0.15, 0.2) is 18.3 Å². The zero-order chi connectivity index (χ0) is 12.4. The molecule has 0 fully saturated rings. The lowest BCUT2D eigenvalue weighted by molar-refractivity contribution is 0.411. The first-order valence-corrected chi connectivity index (χ1v) is 5.27. The zero-order valence-electron chi connectivity index (χ0n) is 10.0. The third-order valence-corrected chi connectivity index (χ3v) is 2.93. The predicted molar refractivity (Wildman–Crippen MR) is 64.8 cm³/mol. The van der Waals surface area contributed by atoms with E-state index in [2.05, 4.69) is 9.97 Å². The molecular formula is C13H13N3O. The highest BCUT2D eigenvalue weighted by molar-refractivity contribution is 5.67. The molecule has 1 aromatic heterocycles. The number of aromatic nitrogens is 2. The highest BCUT2D eigenvalue weighted by Crippen LogP contribution is 2.29. The summed E-state index contributed by atoms with van der Waals surface area (Å²) >= 11 is 0. The summed E-state index contributed by atoms with van der Waals surface area (Å²) in [5.74, 6) is 1.19. The number of nitrogens with zero attached hydrogens (tertiary/aromatic N) is 2. The van der Waals surface area contributed by atoms with Gasteiger partial charge in [-0.1, -0.05) is 0 Å². The number of ether oxygens (including phenoxy) is 1. The van der Waals surface area contributed by atoms with E-state index >= 15 is 0 Å². The van der Waals surface area contributed by atoms with Crippen molar-refractivity contribution in [2.24, 2.45) is 0 Å². The molecule has 17 heavy (non-hydrogen) atoms. The number of H-pyrrole nitrogens is 1. The molecule has 2 rings (SSSR count). The first-order chi connectivity index (χ1) is 8.17. The molecule has 1 aromatic carbocycles. The Hall–Kier alpha value is -2.28. The molecule has 0 amide bonds. The van der Waals surface area contributed by atoms with E-state index in [-0.39, 0.29) is 0 Å². The second-order valence-electron chi connectivity index (χ2n) is 3.82. The molecule has 0 aliphatic carbocycles. The van der Waals surface area contributed by atoms with Crippen molar-refractivity contribution in [3.8, 4) is 23.1 Å². The number of nitriles is 1. The van der Waals surface area contributed by atoms with Gasteiger partial charge in [-0.15, -0.1) is 0 Å². The molecule has 1 N–H and O–H groups in total. The second kappa shape index (κ2) is 4.30. The van der Waals surface area contributed by atoms with Crippen molar-refractivity contribution >= 4 is 0 Å². The Kier molecular flexibility index (Phi) is 2.84. The van der Waals surface area contributed by atoms with E-state index < -0.39 is 0 Å². The molecule has 2 aromatic rings. The number of hydrogen-bond donors (Lipinski definition) is 1. The minimum atomic E-state index is 0.327. The van der Waals surface area contributed by atoms with E-state index in [1.807, 2.05) is 32.0 Å². The molecule has 4 heteroatoms. The number of imidazole rings is 1. The van der Waals surface area contributed by atoms with Crippen LogP contribution in [0.2, 0.25) is 0 Å². The number of hydrogen-bond acceptors (Lipinski definition) is 3. The largest absolute Gasteiger partial charge is 0.496 e. The minimum absolute atomic E-state index is 0.327. The Labute approximate surface area is 99.9 Å². The normalized spacial score (nSPS) is 10.0. The van der Waals surface area contributed by atoms with Crippen LogP contribution in [0.5, 0.6) is 5.75 Å². The summed E-state index contributed by atoms with van der Waals surface area (Å²) < 4.78 is 5.26. The smallest absolute Gasteiger partial charge is 0.210 e. The zero-order valence-corrected chi connectivity index (χ0v) is 10.0. The van der Waals surface area contributed by atoms with Gasteiger partial charge in [0.2, 0.25) is 5.82 Å². The molecule has 1 heterocycles. The van der Waals surface area contributed by atoms with Gasteiger partial charge in [-0.3, -0.25) is 0 Å². The van der Waals surface area contributed by atoms with Crippen LogP contribution in [-0.2, 0) is 0 Å². The van der Waals surface area contributed by atoms with Gasteiger partial charge in [-0.25, -0.2) is 4.98 Å². The Balaban J connectivity index is 2.54. The van der Waals surface area contributed by atoms with Crippen LogP contribution in [0.1, 0.15) is 17.0 Å². The maximum absolute atomic E-state index is 8.74. The van der Waals surface area contributed by atoms with Gasteiger partial charge in [-0.2, -0.15) is 5.26 Å². The van der Waals surface area contributed by atoms with Crippen LogP contribution in [0.25, 0.3) is 11.3 Å². The van der Waals surface area contributed by atoms with Gasteiger partial charge in [-0.05, 0) is 37.1 Å². The van der Waals surface area contributed by atoms with Crippen molar-refractivity contribution in [2.75, 3.05) is 7.11 Å². The standard InChI is InChI=1S/C13H13N3O/c1-8-9(2)12(17-3)5-4-10(8)11-7-15-13(6-14)16-11/h4-5,7H,1-3H3,(H,15,16). The fraction of sp³-hybridized carbons (Fsp3) is 0.231. The summed E-state index contributed by atoms with van der Waals surface area (Å²) in [6, 6.07) is 5.87. The van der Waals surface area contributed by atoms with E-state index in [9.17, 15) is 0 Å². The van der Waals surface area contributed by atoms with Crippen LogP contribution in [-0.4, -0.2) is 17.1 Å². The van der Waals surface area contributed by atoms with Crippen LogP contribution < -0.4 is 4.74 Å². The summed E-state index contributed by atoms with van der Waals surface area (Å²) in [5.41, 5.74) is 4.11. The third-order valence-electron chi connectivity index (χ3n) is 2.93. The van der Waals surface area contributed by atoms with Gasteiger partial charge in [0.25, 0.3) is 0 Å². The molecule has 0 aliphatic rings. The molecule has 0 aliphatic heterocycles. The Bertz CT molecular complexity index is 593. The number of aromatic amines is 1. The van der Waals surface area contributed by atoms with Crippen molar-refractivity contribution in [3.63, 3.8) is 0 Å². The average Bonchev–Trinajstić information content (AvgIpc) is 2.81. The summed E-state index contributed by atoms with van der Waals surface area (Å²) in [6.07, 6.45) is 1.67. The highest BCUT2D eigenvalue weighted by Gasteiger charge is 2.10. The van der Waals surface area contributed by atoms with Gasteiger partial charge in [0.05, 0.1) is 19.0 Å². The van der Waals surface area contributed by atoms with E-state index in [0.717, 1.165) is 28.1 Å². The van der Waals surface area contributed by atoms with Crippen molar-refractivity contribution in [1.82, 2.24) is 9.97 Å². The average molecular weight is 227 g/mol. The van der Waals surface area contributed by atoms with Crippen molar-refractivity contribution in [3.05, 3.63) is 35.3 Å². The molecule has 0 bridgehead atoms. The SMILES string of the molecule is COc1ccc(-c2cnc(C#N)[nH]2)c(C)c1C. The van der Waals surface area contributed by atoms with Gasteiger partial charge in [0, 0.05) is 5.56 Å². The van der Waals surface area contributed by atoms with E-state index in [1.54, 1.807) is 13.3 Å². The summed E-state index contributed by atoms with van der Waals surface area (Å²) in [7, 11) is 1.66. The molecule has 0 spiro atoms. The predicted octanol–water partition coefficient (Wildman–Crippen LogP) is 2.57. The monoisotopic (exact) mass is 227 g/mol. The lowest BCUT2D eigenvalue weighted by Gasteiger charge is -2.11. The lowest BCUT2D eigenvalue weighted by Crippen LogP contribution is -1.93. The van der Waals surface area contributed by atoms with Gasteiger partial charge >= 0.3 is 0 Å². The maximum atomic E-state index is 8.74. The fourth-order valence-electron chi connectivity index (χ4n) is 1.82. The molecule has 0 atom stereocenters. The van der Waals surface area contributed by atoms with E-state index in [0.29, 0.717) is 5.82 Å². The fourth-order valence-corrected chi connectivity index (χ4v) is 1.82. The third kappa shape index (κ3) is 1.87. The van der Waals surface area contributed by atoms with Crippen LogP contribution in [0.3, 0.4) is 0 Å². The number of rotatable bonds is 2. The van der Waals surface area contributed by atoms with E-state index in [4.69, 9.17) is 10.00 Å². The van der Waals surface area contributed by atoms with Crippen molar-refractivity contribution in [1.29, 1.82) is 5.26 Å². The molecule has 86 valence electrons. The Morgan fingerprint density at radius 2 is 2.06 bits per heavy atom. The van der Waals surface area contributed by atoms with Crippen LogP contribution in [0.4, 0.5) is 0 Å². The summed E-state index contributed by atoms with van der Waals surface area (Å²) in [6.45, 7) is 4.04. The molecule has 0 saturated carbocycles. The topological polar surface area (TPSA) is 61.7 Å². The summed E-state index contributed by atoms with van der Waals surface area (Å²) in [4.78, 5) is 6.95. The number of methoxy groups -OCH3 is 1. The summed E-state index contributed by atoms with van der Waals surface area (Å²) in [5, 5.41) is 8.74. The van der Waals surface area contributed by atoms with Gasteiger partial charge < -0.3 is 9.72 Å². The number of nitrogens with one attached hydrogen (secondary N) is 1. The second-order valence-corrected chi connectivity index (χ2v) is 3.82. The molecule has 0 saturated heterocycles. The van der Waals surface area contributed by atoms with Gasteiger partial charge in [0.15, 0.2) is 0 Å². The lowest BCUT2D eigenvalue weighted by atomic mass is 10.0. The Morgan fingerprint density at radius 3 is 2.65 bits per heavy atom. The molecule has 0 radical (unpaired) electrons. The maximum Gasteiger partial charge on any atom is 0.210 e. The first kappa shape index (κ1) is 11.2. The highest BCUT2D eigenvalue weighted by atomic mass is 16.5. The molecular weight excluding hydrogens is 214 g/mol. The van der Waals surface area contributed by atoms with Crippen molar-refractivity contribution in [2.45, 2.75) is 13.8 Å². The minimum Gasteiger partial charge on any atom is -0.496 e. The van der Waals surface area contributed by atoms with Crippen LogP contribution in [0, 0.1) is 25.2 Å². The Morgan fingerprint density at radius 1 is 1.29 bits per heavy atom. The van der Waals surface area contributed by atoms with E-state index in [1.165, 1.54) is 0 Å². The first-order valence-electron chi connectivity index (χ1n) is 5.27. The van der Waals surface area contributed by atoms with Crippen LogP contribution >= 0.6 is 0 Å². The molecule has 0 unspecified atom stereocenters. The van der Waals surface area contributed by atoms with Gasteiger partial charge in [0.1, 0.15) is 11.8 Å². The number of benzene rings is 1. The van der Waals surface area contributed by atoms with Crippen molar-refractivity contribution < 1.29 is 4.74 Å².